The van der Waals surface area contributed by atoms with Gasteiger partial charge in [0.05, 0.1) is 0 Å². The van der Waals surface area contributed by atoms with Gasteiger partial charge in [0.25, 0.3) is 0 Å². The fourth-order valence-corrected chi connectivity index (χ4v) is 3.35. The van der Waals surface area contributed by atoms with Gasteiger partial charge in [0, 0.05) is 34.1 Å². The Kier molecular flexibility index (Phi) is 5.48. The summed E-state index contributed by atoms with van der Waals surface area (Å²) in [6.45, 7) is 3.01. The summed E-state index contributed by atoms with van der Waals surface area (Å²) in [6.07, 6.45) is 4.16. The molecule has 1 aromatic heterocycles. The van der Waals surface area contributed by atoms with Crippen LogP contribution in [0.15, 0.2) is 46.0 Å². The first-order valence-electron chi connectivity index (χ1n) is 6.28. The van der Waals surface area contributed by atoms with Crippen LogP contribution in [0.3, 0.4) is 0 Å². The summed E-state index contributed by atoms with van der Waals surface area (Å²) in [7, 11) is 0. The van der Waals surface area contributed by atoms with E-state index in [1.807, 2.05) is 35.0 Å². The number of hydrogen-bond acceptors (Lipinski definition) is 3. The van der Waals surface area contributed by atoms with Crippen molar-refractivity contribution >= 4 is 27.7 Å². The van der Waals surface area contributed by atoms with Crippen LogP contribution in [0.25, 0.3) is 0 Å². The first-order valence-corrected chi connectivity index (χ1v) is 8.06. The number of imidazole rings is 1. The third-order valence-corrected chi connectivity index (χ3v) is 4.85. The van der Waals surface area contributed by atoms with E-state index in [0.717, 1.165) is 28.2 Å². The van der Waals surface area contributed by atoms with Crippen molar-refractivity contribution in [1.29, 1.82) is 0 Å². The molecule has 0 amide bonds. The lowest BCUT2D eigenvalue weighted by molar-refractivity contribution is 0.188. The Hall–Kier alpha value is -0.780. The molecule has 3 nitrogen and oxygen atoms in total. The molecule has 1 aromatic carbocycles. The molecule has 0 bridgehead atoms. The zero-order valence-corrected chi connectivity index (χ0v) is 13.2. The second kappa shape index (κ2) is 7.12. The van der Waals surface area contributed by atoms with Crippen molar-refractivity contribution < 1.29 is 5.11 Å². The molecule has 1 heterocycles. The van der Waals surface area contributed by atoms with E-state index in [4.69, 9.17) is 0 Å². The quantitative estimate of drug-likeness (QED) is 0.811. The minimum Gasteiger partial charge on any atom is -0.384 e. The van der Waals surface area contributed by atoms with Gasteiger partial charge in [0.15, 0.2) is 0 Å². The zero-order valence-electron chi connectivity index (χ0n) is 10.8. The first kappa shape index (κ1) is 14.6. The Morgan fingerprint density at radius 1 is 1.42 bits per heavy atom. The lowest BCUT2D eigenvalue weighted by Crippen LogP contribution is -2.10. The lowest BCUT2D eigenvalue weighted by atomic mass is 10.3. The third kappa shape index (κ3) is 3.84. The molecule has 0 radical (unpaired) electrons. The number of halogens is 1. The Labute approximate surface area is 126 Å². The second-order valence-corrected chi connectivity index (χ2v) is 6.15. The maximum Gasteiger partial charge on any atom is 0.138 e. The standard InChI is InChI=1S/C14H17BrN2OS/c1-2-8-17-9-7-16-14(17)12(18)10-19-13-6-4-3-5-11(13)15/h3-7,9,12,18H,2,8,10H2,1H3. The number of aromatic nitrogens is 2. The number of nitrogens with zero attached hydrogens (tertiary/aromatic N) is 2. The fraction of sp³-hybridized carbons (Fsp3) is 0.357. The summed E-state index contributed by atoms with van der Waals surface area (Å²) in [5, 5.41) is 10.2. The van der Waals surface area contributed by atoms with Gasteiger partial charge in [-0.05, 0) is 34.5 Å². The van der Waals surface area contributed by atoms with Gasteiger partial charge in [0.1, 0.15) is 11.9 Å². The SMILES string of the molecule is CCCn1ccnc1C(O)CSc1ccccc1Br. The van der Waals surface area contributed by atoms with Crippen LogP contribution in [0, 0.1) is 0 Å². The number of hydrogen-bond donors (Lipinski definition) is 1. The molecule has 102 valence electrons. The lowest BCUT2D eigenvalue weighted by Gasteiger charge is -2.13. The maximum absolute atomic E-state index is 10.2. The van der Waals surface area contributed by atoms with Crippen LogP contribution < -0.4 is 0 Å². The highest BCUT2D eigenvalue weighted by atomic mass is 79.9. The number of aliphatic hydroxyl groups is 1. The molecule has 0 spiro atoms. The van der Waals surface area contributed by atoms with E-state index >= 15 is 0 Å². The number of aliphatic hydroxyl groups excluding tert-OH is 1. The van der Waals surface area contributed by atoms with Gasteiger partial charge in [0.2, 0.25) is 0 Å². The van der Waals surface area contributed by atoms with E-state index in [9.17, 15) is 5.11 Å². The van der Waals surface area contributed by atoms with Crippen molar-refractivity contribution in [3.8, 4) is 0 Å². The summed E-state index contributed by atoms with van der Waals surface area (Å²) in [6, 6.07) is 8.03. The summed E-state index contributed by atoms with van der Waals surface area (Å²) >= 11 is 5.14. The molecule has 2 rings (SSSR count). The highest BCUT2D eigenvalue weighted by molar-refractivity contribution is 9.10. The van der Waals surface area contributed by atoms with E-state index in [1.165, 1.54) is 0 Å². The van der Waals surface area contributed by atoms with Crippen molar-refractivity contribution in [2.75, 3.05) is 5.75 Å². The van der Waals surface area contributed by atoms with Crippen molar-refractivity contribution in [1.82, 2.24) is 9.55 Å². The second-order valence-electron chi connectivity index (χ2n) is 4.24. The van der Waals surface area contributed by atoms with Crippen molar-refractivity contribution in [3.05, 3.63) is 47.0 Å². The van der Waals surface area contributed by atoms with Crippen LogP contribution >= 0.6 is 27.7 Å². The van der Waals surface area contributed by atoms with E-state index in [-0.39, 0.29) is 0 Å². The molecule has 0 saturated carbocycles. The van der Waals surface area contributed by atoms with Crippen molar-refractivity contribution in [2.45, 2.75) is 30.9 Å². The molecule has 0 aliphatic rings. The number of rotatable bonds is 6. The summed E-state index contributed by atoms with van der Waals surface area (Å²) < 4.78 is 3.08. The monoisotopic (exact) mass is 340 g/mol. The van der Waals surface area contributed by atoms with Crippen LogP contribution in [0.1, 0.15) is 25.3 Å². The minimum atomic E-state index is -0.543. The largest absolute Gasteiger partial charge is 0.384 e. The van der Waals surface area contributed by atoms with Gasteiger partial charge in [-0.3, -0.25) is 0 Å². The van der Waals surface area contributed by atoms with Crippen LogP contribution in [0.2, 0.25) is 0 Å². The molecule has 0 aliphatic heterocycles. The summed E-state index contributed by atoms with van der Waals surface area (Å²) in [5.41, 5.74) is 0. The predicted octanol–water partition coefficient (Wildman–Crippen LogP) is 3.88. The molecule has 19 heavy (non-hydrogen) atoms. The molecule has 5 heteroatoms. The Morgan fingerprint density at radius 3 is 2.95 bits per heavy atom. The predicted molar refractivity (Wildman–Crippen MR) is 82.3 cm³/mol. The molecule has 2 aromatic rings. The normalized spacial score (nSPS) is 12.6. The van der Waals surface area contributed by atoms with Crippen molar-refractivity contribution in [3.63, 3.8) is 0 Å². The van der Waals surface area contributed by atoms with Crippen LogP contribution in [0.5, 0.6) is 0 Å². The van der Waals surface area contributed by atoms with Gasteiger partial charge >= 0.3 is 0 Å². The molecular formula is C14H17BrN2OS. The van der Waals surface area contributed by atoms with E-state index in [0.29, 0.717) is 5.75 Å². The highest BCUT2D eigenvalue weighted by Gasteiger charge is 2.14. The van der Waals surface area contributed by atoms with Gasteiger partial charge in [-0.15, -0.1) is 11.8 Å². The molecule has 1 N–H and O–H groups in total. The van der Waals surface area contributed by atoms with Crippen LogP contribution in [-0.2, 0) is 6.54 Å². The molecule has 0 fully saturated rings. The van der Waals surface area contributed by atoms with E-state index in [2.05, 4.69) is 27.8 Å². The third-order valence-electron chi connectivity index (χ3n) is 2.74. The smallest absolute Gasteiger partial charge is 0.138 e. The highest BCUT2D eigenvalue weighted by Crippen LogP contribution is 2.30. The fourth-order valence-electron chi connectivity index (χ4n) is 1.85. The Bertz CT molecular complexity index is 530. The average Bonchev–Trinajstić information content (AvgIpc) is 2.86. The van der Waals surface area contributed by atoms with Gasteiger partial charge in [-0.25, -0.2) is 4.98 Å². The van der Waals surface area contributed by atoms with Crippen LogP contribution in [-0.4, -0.2) is 20.4 Å². The van der Waals surface area contributed by atoms with E-state index < -0.39 is 6.10 Å². The van der Waals surface area contributed by atoms with Crippen LogP contribution in [0.4, 0.5) is 0 Å². The average molecular weight is 341 g/mol. The zero-order chi connectivity index (χ0) is 13.7. The minimum absolute atomic E-state index is 0.543. The number of aryl methyl sites for hydroxylation is 1. The van der Waals surface area contributed by atoms with Gasteiger partial charge in [-0.2, -0.15) is 0 Å². The Balaban J connectivity index is 1.99. The molecule has 0 saturated heterocycles. The topological polar surface area (TPSA) is 38.0 Å². The summed E-state index contributed by atoms with van der Waals surface area (Å²) in [4.78, 5) is 5.39. The van der Waals surface area contributed by atoms with Crippen molar-refractivity contribution in [2.24, 2.45) is 0 Å². The molecule has 1 unspecified atom stereocenters. The maximum atomic E-state index is 10.2. The molecule has 1 atom stereocenters. The van der Waals surface area contributed by atoms with Gasteiger partial charge < -0.3 is 9.67 Å². The van der Waals surface area contributed by atoms with Gasteiger partial charge in [-0.1, -0.05) is 19.1 Å². The first-order chi connectivity index (χ1) is 9.22. The molecular weight excluding hydrogens is 324 g/mol. The Morgan fingerprint density at radius 2 is 2.21 bits per heavy atom. The number of benzene rings is 1. The number of thioether (sulfide) groups is 1. The summed E-state index contributed by atoms with van der Waals surface area (Å²) in [5.74, 6) is 1.35. The van der Waals surface area contributed by atoms with E-state index in [1.54, 1.807) is 18.0 Å². The molecule has 0 aliphatic carbocycles.